The predicted octanol–water partition coefficient (Wildman–Crippen LogP) is 3.53. The van der Waals surface area contributed by atoms with Crippen LogP contribution in [-0.2, 0) is 6.61 Å². The Bertz CT molecular complexity index is 617. The third-order valence-corrected chi connectivity index (χ3v) is 2.86. The van der Waals surface area contributed by atoms with E-state index in [2.05, 4.69) is 4.98 Å². The highest BCUT2D eigenvalue weighted by molar-refractivity contribution is 6.31. The molecule has 0 spiro atoms. The fourth-order valence-corrected chi connectivity index (χ4v) is 1.73. The molecule has 5 nitrogen and oxygen atoms in total. The second-order valence-corrected chi connectivity index (χ2v) is 4.32. The zero-order valence-electron chi connectivity index (χ0n) is 10.2. The lowest BCUT2D eigenvalue weighted by molar-refractivity contribution is -0.390. The molecule has 1 aromatic heterocycles. The topological polar surface area (TPSA) is 65.3 Å². The van der Waals surface area contributed by atoms with Gasteiger partial charge in [-0.25, -0.2) is 0 Å². The molecule has 6 heteroatoms. The van der Waals surface area contributed by atoms with Crippen LogP contribution in [0.25, 0.3) is 0 Å². The van der Waals surface area contributed by atoms with Crippen LogP contribution in [0, 0.1) is 17.0 Å². The van der Waals surface area contributed by atoms with Crippen molar-refractivity contribution in [3.8, 4) is 5.75 Å². The number of benzene rings is 1. The Balaban J connectivity index is 2.20. The minimum absolute atomic E-state index is 0.135. The number of pyridine rings is 1. The second-order valence-electron chi connectivity index (χ2n) is 3.91. The van der Waals surface area contributed by atoms with Crippen LogP contribution in [0.4, 0.5) is 5.82 Å². The monoisotopic (exact) mass is 278 g/mol. The van der Waals surface area contributed by atoms with Gasteiger partial charge in [0, 0.05) is 17.5 Å². The van der Waals surface area contributed by atoms with E-state index in [1.165, 1.54) is 6.07 Å². The van der Waals surface area contributed by atoms with Gasteiger partial charge in [-0.1, -0.05) is 29.8 Å². The first-order valence-corrected chi connectivity index (χ1v) is 5.94. The van der Waals surface area contributed by atoms with Gasteiger partial charge in [0.1, 0.15) is 12.3 Å². The largest absolute Gasteiger partial charge is 0.481 e. The van der Waals surface area contributed by atoms with Crippen LogP contribution in [0.15, 0.2) is 36.4 Å². The van der Waals surface area contributed by atoms with Crippen LogP contribution in [0.1, 0.15) is 11.3 Å². The summed E-state index contributed by atoms with van der Waals surface area (Å²) in [7, 11) is 0. The number of hydrogen-bond donors (Lipinski definition) is 0. The molecule has 0 aliphatic rings. The average Bonchev–Trinajstić information content (AvgIpc) is 2.38. The standard InChI is InChI=1S/C13H11ClN2O3/c1-9-6-7-12(13(15-9)16(17)18)19-8-10-4-2-3-5-11(10)14/h2-7H,8H2,1H3. The van der Waals surface area contributed by atoms with Crippen molar-refractivity contribution in [1.82, 2.24) is 4.98 Å². The molecular weight excluding hydrogens is 268 g/mol. The van der Waals surface area contributed by atoms with E-state index < -0.39 is 4.92 Å². The smallest absolute Gasteiger partial charge is 0.406 e. The minimum Gasteiger partial charge on any atom is -0.481 e. The quantitative estimate of drug-likeness (QED) is 0.634. The molecule has 2 aromatic rings. The summed E-state index contributed by atoms with van der Waals surface area (Å²) in [6.07, 6.45) is 0. The molecule has 2 rings (SSSR count). The van der Waals surface area contributed by atoms with E-state index in [9.17, 15) is 10.1 Å². The summed E-state index contributed by atoms with van der Waals surface area (Å²) in [5, 5.41) is 11.4. The van der Waals surface area contributed by atoms with Gasteiger partial charge in [0.15, 0.2) is 0 Å². The number of aromatic nitrogens is 1. The SMILES string of the molecule is Cc1ccc(OCc2ccccc2Cl)c([N+](=O)[O-])n1. The summed E-state index contributed by atoms with van der Waals surface area (Å²) in [6.45, 7) is 1.84. The van der Waals surface area contributed by atoms with Crippen LogP contribution >= 0.6 is 11.6 Å². The average molecular weight is 279 g/mol. The molecule has 0 saturated heterocycles. The maximum atomic E-state index is 10.9. The molecule has 0 amide bonds. The van der Waals surface area contributed by atoms with Crippen LogP contribution in [0.5, 0.6) is 5.75 Å². The van der Waals surface area contributed by atoms with Gasteiger partial charge in [-0.15, -0.1) is 0 Å². The fraction of sp³-hybridized carbons (Fsp3) is 0.154. The van der Waals surface area contributed by atoms with Gasteiger partial charge >= 0.3 is 5.82 Å². The van der Waals surface area contributed by atoms with Gasteiger partial charge in [0.2, 0.25) is 5.75 Å². The number of halogens is 1. The van der Waals surface area contributed by atoms with Gasteiger partial charge in [-0.05, 0) is 28.1 Å². The van der Waals surface area contributed by atoms with Gasteiger partial charge in [-0.2, -0.15) is 0 Å². The Labute approximate surface area is 115 Å². The highest BCUT2D eigenvalue weighted by Crippen LogP contribution is 2.26. The van der Waals surface area contributed by atoms with Crippen molar-refractivity contribution in [2.45, 2.75) is 13.5 Å². The first-order valence-electron chi connectivity index (χ1n) is 5.56. The molecule has 0 N–H and O–H groups in total. The van der Waals surface area contributed by atoms with Crippen molar-refractivity contribution < 1.29 is 9.66 Å². The molecule has 0 unspecified atom stereocenters. The molecule has 0 atom stereocenters. The lowest BCUT2D eigenvalue weighted by Crippen LogP contribution is -2.02. The molecule has 0 fully saturated rings. The molecule has 0 bridgehead atoms. The molecule has 1 heterocycles. The Hall–Kier alpha value is -2.14. The van der Waals surface area contributed by atoms with Crippen molar-refractivity contribution in [2.75, 3.05) is 0 Å². The molecular formula is C13H11ClN2O3. The van der Waals surface area contributed by atoms with Crippen LogP contribution in [-0.4, -0.2) is 9.91 Å². The number of hydrogen-bond acceptors (Lipinski definition) is 4. The van der Waals surface area contributed by atoms with E-state index in [0.717, 1.165) is 5.56 Å². The molecule has 1 aromatic carbocycles. The summed E-state index contributed by atoms with van der Waals surface area (Å²) < 4.78 is 5.43. The van der Waals surface area contributed by atoms with Gasteiger partial charge in [0.25, 0.3) is 0 Å². The van der Waals surface area contributed by atoms with Crippen molar-refractivity contribution in [3.05, 3.63) is 62.8 Å². The zero-order valence-corrected chi connectivity index (χ0v) is 10.9. The van der Waals surface area contributed by atoms with Crippen molar-refractivity contribution in [3.63, 3.8) is 0 Å². The van der Waals surface area contributed by atoms with E-state index in [1.807, 2.05) is 12.1 Å². The van der Waals surface area contributed by atoms with Crippen molar-refractivity contribution in [1.29, 1.82) is 0 Å². The Morgan fingerprint density at radius 3 is 2.74 bits per heavy atom. The molecule has 19 heavy (non-hydrogen) atoms. The van der Waals surface area contributed by atoms with Crippen LogP contribution < -0.4 is 4.74 Å². The summed E-state index contributed by atoms with van der Waals surface area (Å²) in [5.41, 5.74) is 1.33. The maximum Gasteiger partial charge on any atom is 0.406 e. The van der Waals surface area contributed by atoms with E-state index in [1.54, 1.807) is 25.1 Å². The Morgan fingerprint density at radius 1 is 1.32 bits per heavy atom. The maximum absolute atomic E-state index is 10.9. The van der Waals surface area contributed by atoms with E-state index in [-0.39, 0.29) is 18.2 Å². The molecule has 0 aliphatic carbocycles. The van der Waals surface area contributed by atoms with Crippen molar-refractivity contribution in [2.24, 2.45) is 0 Å². The first-order chi connectivity index (χ1) is 9.08. The number of aryl methyl sites for hydroxylation is 1. The second kappa shape index (κ2) is 5.67. The zero-order chi connectivity index (χ0) is 13.8. The summed E-state index contributed by atoms with van der Waals surface area (Å²) >= 11 is 5.99. The highest BCUT2D eigenvalue weighted by atomic mass is 35.5. The molecule has 0 aliphatic heterocycles. The van der Waals surface area contributed by atoms with Crippen LogP contribution in [0.2, 0.25) is 5.02 Å². The number of nitrogens with zero attached hydrogens (tertiary/aromatic N) is 2. The molecule has 0 saturated carbocycles. The van der Waals surface area contributed by atoms with E-state index in [0.29, 0.717) is 10.7 Å². The van der Waals surface area contributed by atoms with E-state index in [4.69, 9.17) is 16.3 Å². The summed E-state index contributed by atoms with van der Waals surface area (Å²) in [5.74, 6) is -0.150. The van der Waals surface area contributed by atoms with Crippen LogP contribution in [0.3, 0.4) is 0 Å². The normalized spacial score (nSPS) is 10.2. The van der Waals surface area contributed by atoms with E-state index >= 15 is 0 Å². The summed E-state index contributed by atoms with van der Waals surface area (Å²) in [4.78, 5) is 14.2. The molecule has 0 radical (unpaired) electrons. The third-order valence-electron chi connectivity index (χ3n) is 2.49. The lowest BCUT2D eigenvalue weighted by Gasteiger charge is -2.07. The minimum atomic E-state index is -0.561. The highest BCUT2D eigenvalue weighted by Gasteiger charge is 2.17. The number of nitro groups is 1. The lowest BCUT2D eigenvalue weighted by atomic mass is 10.2. The Morgan fingerprint density at radius 2 is 2.05 bits per heavy atom. The summed E-state index contributed by atoms with van der Waals surface area (Å²) in [6, 6.07) is 10.4. The van der Waals surface area contributed by atoms with Crippen molar-refractivity contribution >= 4 is 17.4 Å². The number of rotatable bonds is 4. The predicted molar refractivity (Wildman–Crippen MR) is 71.4 cm³/mol. The Kier molecular flexibility index (Phi) is 3.97. The fourth-order valence-electron chi connectivity index (χ4n) is 1.54. The van der Waals surface area contributed by atoms with Gasteiger partial charge in [0.05, 0.1) is 0 Å². The van der Waals surface area contributed by atoms with Gasteiger partial charge in [-0.3, -0.25) is 0 Å². The number of ether oxygens (including phenoxy) is 1. The first kappa shape index (κ1) is 13.3. The van der Waals surface area contributed by atoms with Gasteiger partial charge < -0.3 is 14.9 Å². The third kappa shape index (κ3) is 3.20. The molecule has 98 valence electrons.